The lowest BCUT2D eigenvalue weighted by Gasteiger charge is -2.15. The van der Waals surface area contributed by atoms with Crippen LogP contribution in [-0.2, 0) is 4.74 Å². The van der Waals surface area contributed by atoms with E-state index in [0.717, 1.165) is 28.9 Å². The number of methoxy groups -OCH3 is 1. The molecule has 1 rings (SSSR count). The number of nitrogens with one attached hydrogen (secondary N) is 1. The molecule has 17 heavy (non-hydrogen) atoms. The van der Waals surface area contributed by atoms with Gasteiger partial charge in [-0.3, -0.25) is 0 Å². The number of hydrogen-bond acceptors (Lipinski definition) is 3. The molecule has 3 N–H and O–H groups in total. The first-order valence-electron chi connectivity index (χ1n) is 5.36. The Morgan fingerprint density at radius 1 is 1.59 bits per heavy atom. The molecule has 0 aromatic heterocycles. The Bertz CT molecular complexity index is 398. The minimum absolute atomic E-state index is 0.402. The van der Waals surface area contributed by atoms with Gasteiger partial charge in [0, 0.05) is 29.4 Å². The molecular weight excluding hydrogens is 300 g/mol. The number of halogens is 1. The maximum atomic E-state index is 5.68. The fraction of sp³-hybridized carbons (Fsp3) is 0.417. The third-order valence-electron chi connectivity index (χ3n) is 2.34. The van der Waals surface area contributed by atoms with Crippen LogP contribution in [0.15, 0.2) is 22.7 Å². The molecule has 1 atom stereocenters. The van der Waals surface area contributed by atoms with Gasteiger partial charge in [0.1, 0.15) is 4.99 Å². The molecule has 0 amide bonds. The number of ether oxygens (including phenoxy) is 1. The smallest absolute Gasteiger partial charge is 0.106 e. The topological polar surface area (TPSA) is 47.3 Å². The Hall–Kier alpha value is -0.650. The van der Waals surface area contributed by atoms with Crippen LogP contribution in [0.5, 0.6) is 0 Å². The van der Waals surface area contributed by atoms with E-state index in [1.54, 1.807) is 7.11 Å². The molecule has 3 nitrogen and oxygen atoms in total. The van der Waals surface area contributed by atoms with Gasteiger partial charge in [0.25, 0.3) is 0 Å². The number of anilines is 1. The molecule has 0 spiro atoms. The molecule has 5 heteroatoms. The first-order chi connectivity index (χ1) is 8.04. The van der Waals surface area contributed by atoms with Crippen LogP contribution in [0.25, 0.3) is 0 Å². The molecule has 0 aliphatic carbocycles. The van der Waals surface area contributed by atoms with Crippen molar-refractivity contribution in [2.75, 3.05) is 25.6 Å². The highest BCUT2D eigenvalue weighted by atomic mass is 79.9. The van der Waals surface area contributed by atoms with E-state index >= 15 is 0 Å². The average molecular weight is 317 g/mol. The maximum absolute atomic E-state index is 5.68. The highest BCUT2D eigenvalue weighted by Crippen LogP contribution is 2.21. The summed E-state index contributed by atoms with van der Waals surface area (Å²) < 4.78 is 6.09. The molecule has 94 valence electrons. The third kappa shape index (κ3) is 4.61. The predicted molar refractivity (Wildman–Crippen MR) is 79.6 cm³/mol. The van der Waals surface area contributed by atoms with Crippen LogP contribution in [0.3, 0.4) is 0 Å². The molecule has 0 aliphatic rings. The minimum Gasteiger partial charge on any atom is -0.389 e. The lowest BCUT2D eigenvalue weighted by Crippen LogP contribution is -2.19. The zero-order chi connectivity index (χ0) is 12.8. The monoisotopic (exact) mass is 316 g/mol. The van der Waals surface area contributed by atoms with Crippen molar-refractivity contribution in [2.24, 2.45) is 11.7 Å². The Morgan fingerprint density at radius 2 is 2.29 bits per heavy atom. The van der Waals surface area contributed by atoms with Gasteiger partial charge in [-0.15, -0.1) is 0 Å². The summed E-state index contributed by atoms with van der Waals surface area (Å²) in [5.74, 6) is 0.429. The first-order valence-corrected chi connectivity index (χ1v) is 6.57. The van der Waals surface area contributed by atoms with Gasteiger partial charge < -0.3 is 15.8 Å². The molecule has 0 saturated carbocycles. The third-order valence-corrected chi connectivity index (χ3v) is 3.05. The average Bonchev–Trinajstić information content (AvgIpc) is 2.26. The Labute approximate surface area is 116 Å². The van der Waals surface area contributed by atoms with Crippen LogP contribution in [0, 0.1) is 5.92 Å². The largest absolute Gasteiger partial charge is 0.389 e. The molecule has 0 aliphatic heterocycles. The van der Waals surface area contributed by atoms with Crippen molar-refractivity contribution >= 4 is 38.8 Å². The molecule has 0 bridgehead atoms. The highest BCUT2D eigenvalue weighted by molar-refractivity contribution is 9.10. The van der Waals surface area contributed by atoms with E-state index in [4.69, 9.17) is 22.7 Å². The molecule has 1 unspecified atom stereocenters. The van der Waals surface area contributed by atoms with Gasteiger partial charge in [0.15, 0.2) is 0 Å². The van der Waals surface area contributed by atoms with E-state index in [0.29, 0.717) is 10.9 Å². The van der Waals surface area contributed by atoms with Crippen LogP contribution in [0.1, 0.15) is 12.5 Å². The van der Waals surface area contributed by atoms with Gasteiger partial charge in [0.05, 0.1) is 6.61 Å². The summed E-state index contributed by atoms with van der Waals surface area (Å²) in [7, 11) is 1.70. The number of thiocarbonyl (C=S) groups is 1. The molecule has 0 fully saturated rings. The van der Waals surface area contributed by atoms with E-state index < -0.39 is 0 Å². The number of rotatable bonds is 6. The van der Waals surface area contributed by atoms with Crippen molar-refractivity contribution in [3.05, 3.63) is 28.2 Å². The van der Waals surface area contributed by atoms with Gasteiger partial charge in [-0.2, -0.15) is 0 Å². The van der Waals surface area contributed by atoms with Gasteiger partial charge in [-0.1, -0.05) is 35.1 Å². The number of hydrogen-bond donors (Lipinski definition) is 2. The number of nitrogens with two attached hydrogens (primary N) is 1. The summed E-state index contributed by atoms with van der Waals surface area (Å²) >= 11 is 8.46. The van der Waals surface area contributed by atoms with Crippen molar-refractivity contribution in [1.82, 2.24) is 0 Å². The van der Waals surface area contributed by atoms with Gasteiger partial charge in [-0.05, 0) is 24.1 Å². The molecular formula is C12H17BrN2OS. The lowest BCUT2D eigenvalue weighted by molar-refractivity contribution is 0.164. The molecule has 0 radical (unpaired) electrons. The maximum Gasteiger partial charge on any atom is 0.106 e. The normalized spacial score (nSPS) is 12.2. The molecule has 1 aromatic rings. The first kappa shape index (κ1) is 14.4. The predicted octanol–water partition coefficient (Wildman–Crippen LogP) is 2.78. The van der Waals surface area contributed by atoms with Crippen molar-refractivity contribution in [3.63, 3.8) is 0 Å². The quantitative estimate of drug-likeness (QED) is 0.792. The van der Waals surface area contributed by atoms with Gasteiger partial charge in [-0.25, -0.2) is 0 Å². The van der Waals surface area contributed by atoms with E-state index in [2.05, 4.69) is 28.2 Å². The second-order valence-corrected chi connectivity index (χ2v) is 5.35. The van der Waals surface area contributed by atoms with E-state index in [1.165, 1.54) is 0 Å². The van der Waals surface area contributed by atoms with E-state index in [-0.39, 0.29) is 0 Å². The summed E-state index contributed by atoms with van der Waals surface area (Å²) in [6.07, 6.45) is 0. The van der Waals surface area contributed by atoms with Gasteiger partial charge >= 0.3 is 0 Å². The van der Waals surface area contributed by atoms with Crippen molar-refractivity contribution in [3.8, 4) is 0 Å². The van der Waals surface area contributed by atoms with Crippen LogP contribution in [-0.4, -0.2) is 25.2 Å². The fourth-order valence-corrected chi connectivity index (χ4v) is 2.04. The summed E-state index contributed by atoms with van der Waals surface area (Å²) in [5, 5.41) is 3.34. The zero-order valence-electron chi connectivity index (χ0n) is 10.00. The summed E-state index contributed by atoms with van der Waals surface area (Å²) in [5.41, 5.74) is 7.50. The standard InChI is InChI=1S/C12H17BrN2OS/c1-8(7-16-2)6-15-11-5-9(13)3-4-10(11)12(14)17/h3-5,8,15H,6-7H2,1-2H3,(H2,14,17). The molecule has 0 saturated heterocycles. The van der Waals surface area contributed by atoms with E-state index in [1.807, 2.05) is 18.2 Å². The second-order valence-electron chi connectivity index (χ2n) is 4.00. The van der Waals surface area contributed by atoms with Crippen LogP contribution in [0.4, 0.5) is 5.69 Å². The minimum atomic E-state index is 0.402. The van der Waals surface area contributed by atoms with Gasteiger partial charge in [0.2, 0.25) is 0 Å². The van der Waals surface area contributed by atoms with Crippen LogP contribution < -0.4 is 11.1 Å². The Morgan fingerprint density at radius 3 is 2.88 bits per heavy atom. The lowest BCUT2D eigenvalue weighted by atomic mass is 10.1. The van der Waals surface area contributed by atoms with E-state index in [9.17, 15) is 0 Å². The Balaban J connectivity index is 2.75. The molecule has 0 heterocycles. The number of benzene rings is 1. The summed E-state index contributed by atoms with van der Waals surface area (Å²) in [4.78, 5) is 0.402. The Kier molecular flexibility index (Phi) is 5.88. The highest BCUT2D eigenvalue weighted by Gasteiger charge is 2.07. The van der Waals surface area contributed by atoms with Crippen LogP contribution in [0.2, 0.25) is 0 Å². The molecule has 1 aromatic carbocycles. The summed E-state index contributed by atoms with van der Waals surface area (Å²) in [6, 6.07) is 5.82. The van der Waals surface area contributed by atoms with Crippen molar-refractivity contribution in [2.45, 2.75) is 6.92 Å². The summed E-state index contributed by atoms with van der Waals surface area (Å²) in [6.45, 7) is 3.66. The van der Waals surface area contributed by atoms with Crippen molar-refractivity contribution < 1.29 is 4.74 Å². The zero-order valence-corrected chi connectivity index (χ0v) is 12.4. The SMILES string of the molecule is COCC(C)CNc1cc(Br)ccc1C(N)=S. The fourth-order valence-electron chi connectivity index (χ4n) is 1.51. The van der Waals surface area contributed by atoms with Crippen LogP contribution >= 0.6 is 28.1 Å². The van der Waals surface area contributed by atoms with Crippen molar-refractivity contribution in [1.29, 1.82) is 0 Å². The second kappa shape index (κ2) is 6.93.